The molecule has 0 saturated carbocycles. The smallest absolute Gasteiger partial charge is 0.243 e. The lowest BCUT2D eigenvalue weighted by atomic mass is 9.95. The van der Waals surface area contributed by atoms with Crippen LogP contribution in [0.3, 0.4) is 0 Å². The van der Waals surface area contributed by atoms with Crippen LogP contribution in [0.15, 0.2) is 54.6 Å². The van der Waals surface area contributed by atoms with E-state index in [9.17, 15) is 14.9 Å². The number of benzene rings is 2. The molecule has 0 radical (unpaired) electrons. The summed E-state index contributed by atoms with van der Waals surface area (Å²) in [7, 11) is 0. The quantitative estimate of drug-likeness (QED) is 0.620. The van der Waals surface area contributed by atoms with Crippen molar-refractivity contribution >= 4 is 28.7 Å². The van der Waals surface area contributed by atoms with Gasteiger partial charge in [0.15, 0.2) is 11.7 Å². The van der Waals surface area contributed by atoms with Crippen LogP contribution in [0.25, 0.3) is 11.0 Å². The molecule has 162 valence electrons. The lowest BCUT2D eigenvalue weighted by molar-refractivity contribution is -0.122. The van der Waals surface area contributed by atoms with Crippen molar-refractivity contribution in [1.29, 1.82) is 5.26 Å². The average molecular weight is 428 g/mol. The highest BCUT2D eigenvalue weighted by Crippen LogP contribution is 2.30. The van der Waals surface area contributed by atoms with Gasteiger partial charge in [0.05, 0.1) is 17.1 Å². The van der Waals surface area contributed by atoms with Gasteiger partial charge in [-0.2, -0.15) is 5.26 Å². The third kappa shape index (κ3) is 4.52. The van der Waals surface area contributed by atoms with E-state index >= 15 is 0 Å². The minimum Gasteiger partial charge on any atom is -0.369 e. The molecule has 2 aromatic carbocycles. The highest BCUT2D eigenvalue weighted by atomic mass is 16.2. The maximum Gasteiger partial charge on any atom is 0.243 e. The number of anilines is 1. The summed E-state index contributed by atoms with van der Waals surface area (Å²) in [5.74, 6) is -1.50. The summed E-state index contributed by atoms with van der Waals surface area (Å²) >= 11 is 0. The highest BCUT2D eigenvalue weighted by molar-refractivity contribution is 5.89. The Bertz CT molecular complexity index is 1170. The molecule has 0 unspecified atom stereocenters. The zero-order chi connectivity index (χ0) is 22.5. The third-order valence-electron chi connectivity index (χ3n) is 5.75. The topological polar surface area (TPSA) is 125 Å². The van der Waals surface area contributed by atoms with E-state index in [2.05, 4.69) is 16.4 Å². The minimum absolute atomic E-state index is 0.177. The van der Waals surface area contributed by atoms with Crippen LogP contribution in [-0.2, 0) is 16.1 Å². The molecule has 3 aromatic rings. The Hall–Kier alpha value is -3.99. The van der Waals surface area contributed by atoms with Crippen LogP contribution in [0.2, 0.25) is 0 Å². The average Bonchev–Trinajstić information content (AvgIpc) is 2.83. The number of aromatic nitrogens is 2. The second-order valence-corrected chi connectivity index (χ2v) is 7.85. The Morgan fingerprint density at radius 2 is 1.69 bits per heavy atom. The number of primary amides is 1. The number of piperidine rings is 1. The van der Waals surface area contributed by atoms with E-state index in [1.807, 2.05) is 59.5 Å². The van der Waals surface area contributed by atoms with Crippen molar-refractivity contribution in [3.63, 3.8) is 0 Å². The van der Waals surface area contributed by atoms with Crippen LogP contribution in [0.5, 0.6) is 0 Å². The van der Waals surface area contributed by atoms with Gasteiger partial charge in [0.2, 0.25) is 11.8 Å². The van der Waals surface area contributed by atoms with Gasteiger partial charge in [0.25, 0.3) is 0 Å². The van der Waals surface area contributed by atoms with Gasteiger partial charge in [0, 0.05) is 25.6 Å². The Morgan fingerprint density at radius 1 is 1.06 bits per heavy atom. The summed E-state index contributed by atoms with van der Waals surface area (Å²) in [6.07, 6.45) is 1.20. The van der Waals surface area contributed by atoms with Gasteiger partial charge in [-0.25, -0.2) is 9.97 Å². The Morgan fingerprint density at radius 3 is 2.31 bits per heavy atom. The predicted molar refractivity (Wildman–Crippen MR) is 120 cm³/mol. The van der Waals surface area contributed by atoms with E-state index in [-0.39, 0.29) is 11.8 Å². The zero-order valence-corrected chi connectivity index (χ0v) is 17.6. The number of para-hydroxylation sites is 2. The van der Waals surface area contributed by atoms with E-state index in [1.54, 1.807) is 0 Å². The molecular formula is C24H24N6O2. The summed E-state index contributed by atoms with van der Waals surface area (Å²) in [6, 6.07) is 19.0. The number of nitriles is 1. The highest BCUT2D eigenvalue weighted by Gasteiger charge is 2.31. The molecule has 1 fully saturated rings. The number of hydrogen-bond donors (Lipinski definition) is 2. The molecular weight excluding hydrogens is 404 g/mol. The Labute approximate surface area is 186 Å². The number of rotatable bonds is 6. The predicted octanol–water partition coefficient (Wildman–Crippen LogP) is 2.26. The van der Waals surface area contributed by atoms with Crippen molar-refractivity contribution in [1.82, 2.24) is 15.3 Å². The van der Waals surface area contributed by atoms with Gasteiger partial charge < -0.3 is 16.0 Å². The van der Waals surface area contributed by atoms with Crippen LogP contribution in [0, 0.1) is 17.2 Å². The van der Waals surface area contributed by atoms with Gasteiger partial charge in [-0.3, -0.25) is 9.59 Å². The van der Waals surface area contributed by atoms with Crippen LogP contribution >= 0.6 is 0 Å². The van der Waals surface area contributed by atoms with E-state index in [1.165, 1.54) is 0 Å². The Balaban J connectivity index is 1.64. The number of fused-ring (bicyclic) bond motifs is 1. The summed E-state index contributed by atoms with van der Waals surface area (Å²) in [5.41, 5.74) is 8.04. The molecule has 1 aliphatic rings. The van der Waals surface area contributed by atoms with Crippen LogP contribution < -0.4 is 16.0 Å². The molecule has 0 spiro atoms. The maximum absolute atomic E-state index is 13.0. The molecule has 1 aromatic heterocycles. The number of carbonyl (C=O) groups excluding carboxylic acids is 2. The number of nitrogens with two attached hydrogens (primary N) is 1. The summed E-state index contributed by atoms with van der Waals surface area (Å²) < 4.78 is 0. The fraction of sp³-hybridized carbons (Fsp3) is 0.292. The normalized spacial score (nSPS) is 15.2. The molecule has 3 N–H and O–H groups in total. The number of hydrogen-bond acceptors (Lipinski definition) is 6. The summed E-state index contributed by atoms with van der Waals surface area (Å²) in [6.45, 7) is 1.42. The van der Waals surface area contributed by atoms with Crippen molar-refractivity contribution in [3.05, 3.63) is 65.9 Å². The first-order valence-electron chi connectivity index (χ1n) is 10.6. The third-order valence-corrected chi connectivity index (χ3v) is 5.75. The number of carbonyl (C=O) groups is 2. The van der Waals surface area contributed by atoms with E-state index in [4.69, 9.17) is 10.7 Å². The van der Waals surface area contributed by atoms with Gasteiger partial charge in [-0.15, -0.1) is 0 Å². The largest absolute Gasteiger partial charge is 0.369 e. The number of nitrogens with zero attached hydrogens (tertiary/aromatic N) is 4. The fourth-order valence-corrected chi connectivity index (χ4v) is 3.94. The lowest BCUT2D eigenvalue weighted by Crippen LogP contribution is -2.40. The number of nitrogens with one attached hydrogen (secondary N) is 1. The summed E-state index contributed by atoms with van der Waals surface area (Å²) in [4.78, 5) is 35.9. The van der Waals surface area contributed by atoms with Crippen molar-refractivity contribution in [2.24, 2.45) is 11.7 Å². The fourth-order valence-electron chi connectivity index (χ4n) is 3.94. The molecule has 1 saturated heterocycles. The van der Waals surface area contributed by atoms with Crippen molar-refractivity contribution in [3.8, 4) is 6.07 Å². The van der Waals surface area contributed by atoms with E-state index in [0.29, 0.717) is 55.0 Å². The first-order valence-corrected chi connectivity index (χ1v) is 10.6. The van der Waals surface area contributed by atoms with Crippen molar-refractivity contribution < 1.29 is 9.59 Å². The molecule has 32 heavy (non-hydrogen) atoms. The molecule has 4 rings (SSSR count). The second-order valence-electron chi connectivity index (χ2n) is 7.85. The standard InChI is InChI=1S/C24H24N6O2/c25-14-18(24(32)27-15-16-6-2-1-3-7-16)21-23(29-20-9-5-4-8-19(20)28-21)30-12-10-17(11-13-30)22(26)31/h1-9,17-18H,10-13,15H2,(H2,26,31)(H,27,32)/t18-/m1/s1. The molecule has 1 aliphatic heterocycles. The monoisotopic (exact) mass is 428 g/mol. The summed E-state index contributed by atoms with van der Waals surface area (Å²) in [5, 5.41) is 12.7. The Kier molecular flexibility index (Phi) is 6.26. The first-order chi connectivity index (χ1) is 15.6. The molecule has 0 aliphatic carbocycles. The van der Waals surface area contributed by atoms with Gasteiger partial charge in [-0.05, 0) is 30.5 Å². The molecule has 0 bridgehead atoms. The van der Waals surface area contributed by atoms with Crippen molar-refractivity contribution in [2.75, 3.05) is 18.0 Å². The molecule has 2 amide bonds. The lowest BCUT2D eigenvalue weighted by Gasteiger charge is -2.32. The molecule has 8 heteroatoms. The van der Waals surface area contributed by atoms with Crippen LogP contribution in [0.4, 0.5) is 5.82 Å². The molecule has 1 atom stereocenters. The van der Waals surface area contributed by atoms with Crippen LogP contribution in [-0.4, -0.2) is 34.9 Å². The SMILES string of the molecule is N#C[C@@H](C(=O)NCc1ccccc1)c1nc2ccccc2nc1N1CCC(C(N)=O)CC1. The zero-order valence-electron chi connectivity index (χ0n) is 17.6. The van der Waals surface area contributed by atoms with Gasteiger partial charge >= 0.3 is 0 Å². The second kappa shape index (κ2) is 9.43. The van der Waals surface area contributed by atoms with Crippen molar-refractivity contribution in [2.45, 2.75) is 25.3 Å². The molecule has 8 nitrogen and oxygen atoms in total. The maximum atomic E-state index is 13.0. The van der Waals surface area contributed by atoms with E-state index < -0.39 is 11.8 Å². The van der Waals surface area contributed by atoms with Crippen LogP contribution in [0.1, 0.15) is 30.0 Å². The first kappa shape index (κ1) is 21.2. The van der Waals surface area contributed by atoms with Gasteiger partial charge in [-0.1, -0.05) is 42.5 Å². The minimum atomic E-state index is -1.11. The van der Waals surface area contributed by atoms with Gasteiger partial charge in [0.1, 0.15) is 5.69 Å². The van der Waals surface area contributed by atoms with E-state index in [0.717, 1.165) is 5.56 Å². The number of amides is 2. The molecule has 2 heterocycles.